The summed E-state index contributed by atoms with van der Waals surface area (Å²) in [5.74, 6) is -1.78. The van der Waals surface area contributed by atoms with Crippen molar-refractivity contribution < 1.29 is 57.1 Å². The number of benzene rings is 4. The molecule has 2 unspecified atom stereocenters. The number of carbonyl (C=O) groups excluding carboxylic acids is 4. The fourth-order valence-corrected chi connectivity index (χ4v) is 18.8. The molecule has 1 heterocycles. The Morgan fingerprint density at radius 2 is 1.06 bits per heavy atom. The summed E-state index contributed by atoms with van der Waals surface area (Å²) < 4.78 is 44.5. The van der Waals surface area contributed by atoms with Crippen molar-refractivity contribution in [2.24, 2.45) is 5.92 Å². The summed E-state index contributed by atoms with van der Waals surface area (Å²) in [6.45, 7) is 14.3. The molecule has 0 aromatic heterocycles. The van der Waals surface area contributed by atoms with Crippen molar-refractivity contribution in [2.45, 2.75) is 306 Å². The van der Waals surface area contributed by atoms with Crippen LogP contribution >= 0.6 is 11.8 Å². The molecule has 1 amide bonds. The Hall–Kier alpha value is -5.03. The van der Waals surface area contributed by atoms with Gasteiger partial charge in [0.05, 0.1) is 51.4 Å². The third-order valence-corrected chi connectivity index (χ3v) is 24.7. The van der Waals surface area contributed by atoms with Crippen molar-refractivity contribution in [2.75, 3.05) is 20.3 Å². The summed E-state index contributed by atoms with van der Waals surface area (Å²) in [5, 5.41) is 16.7. The van der Waals surface area contributed by atoms with Gasteiger partial charge in [0.15, 0.2) is 6.10 Å². The van der Waals surface area contributed by atoms with Crippen molar-refractivity contribution in [3.8, 4) is 5.75 Å². The second-order valence-corrected chi connectivity index (χ2v) is 32.7. The number of ether oxygens (including phenoxy) is 6. The minimum absolute atomic E-state index is 0.0391. The normalized spacial score (nSPS) is 17.6. The molecule has 0 bridgehead atoms. The van der Waals surface area contributed by atoms with E-state index in [0.717, 1.165) is 71.5 Å². The van der Waals surface area contributed by atoms with Gasteiger partial charge in [0.2, 0.25) is 5.91 Å². The number of methoxy groups -OCH3 is 1. The molecule has 0 saturated carbocycles. The maximum absolute atomic E-state index is 14.5. The van der Waals surface area contributed by atoms with Crippen LogP contribution in [0.25, 0.3) is 0 Å². The molecular weight excluding hydrogens is 1220 g/mol. The number of aliphatic hydroxyl groups excluding tert-OH is 1. The number of rotatable bonds is 50. The highest BCUT2D eigenvalue weighted by Gasteiger charge is 2.51. The molecular formula is C79H121NO12SSi. The maximum Gasteiger partial charge on any atom is 0.306 e. The number of esters is 3. The molecule has 4 aromatic rings. The van der Waals surface area contributed by atoms with Crippen LogP contribution in [0.4, 0.5) is 0 Å². The molecule has 2 N–H and O–H groups in total. The molecule has 4 aromatic carbocycles. The van der Waals surface area contributed by atoms with E-state index in [-0.39, 0.29) is 45.0 Å². The molecule has 5 rings (SSSR count). The van der Waals surface area contributed by atoms with E-state index in [1.54, 1.807) is 7.11 Å². The Morgan fingerprint density at radius 3 is 1.54 bits per heavy atom. The fourth-order valence-electron chi connectivity index (χ4n) is 13.0. The molecule has 1 saturated heterocycles. The first-order valence-electron chi connectivity index (χ1n) is 36.5. The Balaban J connectivity index is 1.32. The zero-order valence-electron chi connectivity index (χ0n) is 59.0. The molecule has 0 spiro atoms. The van der Waals surface area contributed by atoms with E-state index >= 15 is 0 Å². The molecule has 0 radical (unpaired) electrons. The summed E-state index contributed by atoms with van der Waals surface area (Å²) in [6.07, 6.45) is 27.3. The molecule has 524 valence electrons. The van der Waals surface area contributed by atoms with Gasteiger partial charge in [-0.05, 0) is 64.5 Å². The van der Waals surface area contributed by atoms with E-state index < -0.39 is 79.2 Å². The van der Waals surface area contributed by atoms with Crippen LogP contribution in [0.2, 0.25) is 5.04 Å². The van der Waals surface area contributed by atoms with Crippen molar-refractivity contribution in [3.05, 3.63) is 121 Å². The second-order valence-electron chi connectivity index (χ2n) is 27.3. The molecule has 1 aliphatic heterocycles. The second kappa shape index (κ2) is 46.2. The predicted octanol–water partition coefficient (Wildman–Crippen LogP) is 17.7. The van der Waals surface area contributed by atoms with Crippen LogP contribution in [-0.4, -0.2) is 99.6 Å². The first-order chi connectivity index (χ1) is 45.6. The lowest BCUT2D eigenvalue weighted by molar-refractivity contribution is -0.201. The summed E-state index contributed by atoms with van der Waals surface area (Å²) in [4.78, 5) is 57.1. The number of hydrogen-bond donors (Lipinski definition) is 2. The SMILES string of the molecule is CCCCCCCCCCCCCCCCCC(=O)N[C@@H](CO[Si](c1ccccc1)(c1ccccc1)C(C)(C)C)[C@H](OC(C)=O)[C@@H](CCCCCCCCCCCCCC)OC(=O)CCC(=O)OCC1O[C@@H](Sc2ccccc2)C(OCc2ccc(OC)cc2)[C@@H](C)[C@H]1O. The van der Waals surface area contributed by atoms with Gasteiger partial charge >= 0.3 is 17.9 Å². The Morgan fingerprint density at radius 1 is 0.596 bits per heavy atom. The molecule has 8 atom stereocenters. The highest BCUT2D eigenvalue weighted by Crippen LogP contribution is 2.39. The molecule has 15 heteroatoms. The van der Waals surface area contributed by atoms with E-state index in [0.29, 0.717) is 19.3 Å². The molecule has 94 heavy (non-hydrogen) atoms. The Kier molecular flexibility index (Phi) is 39.2. The average molecular weight is 1340 g/mol. The van der Waals surface area contributed by atoms with Crippen molar-refractivity contribution in [1.82, 2.24) is 5.32 Å². The lowest BCUT2D eigenvalue weighted by atomic mass is 9.91. The summed E-state index contributed by atoms with van der Waals surface area (Å²) in [7, 11) is -1.60. The van der Waals surface area contributed by atoms with Crippen LogP contribution in [0.5, 0.6) is 5.75 Å². The van der Waals surface area contributed by atoms with Crippen molar-refractivity contribution in [1.29, 1.82) is 0 Å². The first kappa shape index (κ1) is 79.7. The van der Waals surface area contributed by atoms with Crippen LogP contribution in [0, 0.1) is 5.92 Å². The Labute approximate surface area is 572 Å². The van der Waals surface area contributed by atoms with Crippen LogP contribution in [-0.2, 0) is 53.9 Å². The zero-order valence-corrected chi connectivity index (χ0v) is 60.8. The number of amides is 1. The molecule has 13 nitrogen and oxygen atoms in total. The number of unbranched alkanes of at least 4 members (excludes halogenated alkanes) is 25. The molecule has 1 aliphatic rings. The fraction of sp³-hybridized carbons (Fsp3) is 0.646. The van der Waals surface area contributed by atoms with Gasteiger partial charge < -0.3 is 43.3 Å². The third kappa shape index (κ3) is 29.4. The minimum Gasteiger partial charge on any atom is -0.497 e. The van der Waals surface area contributed by atoms with Gasteiger partial charge in [-0.15, -0.1) is 0 Å². The summed E-state index contributed by atoms with van der Waals surface area (Å²) in [5.41, 5.74) is 0.382. The predicted molar refractivity (Wildman–Crippen MR) is 384 cm³/mol. The van der Waals surface area contributed by atoms with Gasteiger partial charge in [-0.3, -0.25) is 19.2 Å². The zero-order chi connectivity index (χ0) is 67.7. The lowest BCUT2D eigenvalue weighted by Gasteiger charge is -2.44. The van der Waals surface area contributed by atoms with Gasteiger partial charge in [0, 0.05) is 24.2 Å². The van der Waals surface area contributed by atoms with Gasteiger partial charge in [0.25, 0.3) is 8.32 Å². The van der Waals surface area contributed by atoms with Gasteiger partial charge in [-0.2, -0.15) is 0 Å². The largest absolute Gasteiger partial charge is 0.497 e. The number of carbonyl (C=O) groups is 4. The lowest BCUT2D eigenvalue weighted by Crippen LogP contribution is -2.68. The number of thioether (sulfide) groups is 1. The van der Waals surface area contributed by atoms with Gasteiger partial charge in [-0.1, -0.05) is 305 Å². The van der Waals surface area contributed by atoms with Gasteiger partial charge in [-0.25, -0.2) is 0 Å². The van der Waals surface area contributed by atoms with Crippen LogP contribution in [0.3, 0.4) is 0 Å². The van der Waals surface area contributed by atoms with Crippen LogP contribution in [0.1, 0.15) is 253 Å². The average Bonchev–Trinajstić information content (AvgIpc) is 0.750. The smallest absolute Gasteiger partial charge is 0.306 e. The quantitative estimate of drug-likeness (QED) is 0.0186. The topological polar surface area (TPSA) is 165 Å². The highest BCUT2D eigenvalue weighted by atomic mass is 32.2. The van der Waals surface area contributed by atoms with E-state index in [1.807, 2.05) is 97.9 Å². The number of aliphatic hydroxyl groups is 1. The van der Waals surface area contributed by atoms with E-state index in [4.69, 9.17) is 32.8 Å². The third-order valence-electron chi connectivity index (χ3n) is 18.5. The van der Waals surface area contributed by atoms with Crippen molar-refractivity contribution >= 4 is 54.3 Å². The molecule has 1 fully saturated rings. The summed E-state index contributed by atoms with van der Waals surface area (Å²) in [6, 6.07) is 37.1. The van der Waals surface area contributed by atoms with Crippen LogP contribution in [0.15, 0.2) is 120 Å². The van der Waals surface area contributed by atoms with Gasteiger partial charge in [0.1, 0.15) is 30.0 Å². The first-order valence-corrected chi connectivity index (χ1v) is 39.2. The van der Waals surface area contributed by atoms with E-state index in [1.165, 1.54) is 134 Å². The molecule has 0 aliphatic carbocycles. The number of nitrogens with one attached hydrogen (secondary N) is 1. The van der Waals surface area contributed by atoms with E-state index in [9.17, 15) is 24.3 Å². The maximum atomic E-state index is 14.5. The standard InChI is InChI=1S/C79H121NO12SSi/c1-9-11-13-15-17-19-21-23-24-25-27-29-31-33-44-52-72(82)80-69(60-89-94(79(5,6)7,67-47-39-35-40-48-67)68-49-41-36-42-50-68)77(90-63(4)81)70(51-43-32-30-28-26-22-20-18-16-14-12-10-2)91-74(84)58-57-73(83)87-61-71-75(85)62(3)76(78(92-71)93-66-45-37-34-38-46-66)88-59-64-53-55-65(86-8)56-54-64/h34-42,45-50,53-56,62,69-71,75-78,85H,9-33,43-44,51-52,57-61H2,1-8H3,(H,80,82)/t62-,69-,70+,71?,75+,76?,77-,78-/m0/s1. The van der Waals surface area contributed by atoms with Crippen molar-refractivity contribution in [3.63, 3.8) is 0 Å². The van der Waals surface area contributed by atoms with E-state index in [2.05, 4.69) is 64.2 Å². The monoisotopic (exact) mass is 1340 g/mol. The summed E-state index contributed by atoms with van der Waals surface area (Å²) >= 11 is 1.48. The minimum atomic E-state index is -3.22. The Bertz CT molecular complexity index is 2600. The number of hydrogen-bond acceptors (Lipinski definition) is 13. The highest BCUT2D eigenvalue weighted by molar-refractivity contribution is 7.99. The van der Waals surface area contributed by atoms with Crippen LogP contribution < -0.4 is 20.4 Å².